The highest BCUT2D eigenvalue weighted by molar-refractivity contribution is 5.75. The Balaban J connectivity index is 1.75. The summed E-state index contributed by atoms with van der Waals surface area (Å²) in [6, 6.07) is 8.38. The second-order valence-corrected chi connectivity index (χ2v) is 5.91. The smallest absolute Gasteiger partial charge is 0.222 e. The first-order valence-electron chi connectivity index (χ1n) is 7.58. The first kappa shape index (κ1) is 15.0. The zero-order chi connectivity index (χ0) is 14.4. The van der Waals surface area contributed by atoms with Crippen molar-refractivity contribution < 1.29 is 4.79 Å². The van der Waals surface area contributed by atoms with E-state index in [1.807, 2.05) is 11.9 Å². The standard InChI is InChI=1S/C17H25N2O/c1-14-5-7-16(8-6-14)13-19(2)17(20)10-9-15-4-3-11-18-12-15/h5-8,15H,3-4,9-13H2,1-2H3. The van der Waals surface area contributed by atoms with Crippen LogP contribution in [-0.4, -0.2) is 30.9 Å². The Morgan fingerprint density at radius 1 is 1.35 bits per heavy atom. The Bertz CT molecular complexity index is 421. The molecular weight excluding hydrogens is 248 g/mol. The maximum absolute atomic E-state index is 12.2. The van der Waals surface area contributed by atoms with E-state index >= 15 is 0 Å². The van der Waals surface area contributed by atoms with Crippen LogP contribution in [0.2, 0.25) is 0 Å². The molecule has 3 nitrogen and oxygen atoms in total. The SMILES string of the molecule is Cc1ccc(CN(C)C(=O)CCC2CCC[N]C2)cc1. The second kappa shape index (κ2) is 7.44. The summed E-state index contributed by atoms with van der Waals surface area (Å²) in [5.41, 5.74) is 2.45. The Morgan fingerprint density at radius 2 is 2.10 bits per heavy atom. The van der Waals surface area contributed by atoms with Crippen LogP contribution in [0.5, 0.6) is 0 Å². The predicted octanol–water partition coefficient (Wildman–Crippen LogP) is 2.75. The van der Waals surface area contributed by atoms with Crippen molar-refractivity contribution in [3.05, 3.63) is 35.4 Å². The van der Waals surface area contributed by atoms with Gasteiger partial charge in [-0.3, -0.25) is 4.79 Å². The van der Waals surface area contributed by atoms with Crippen molar-refractivity contribution in [2.24, 2.45) is 5.92 Å². The van der Waals surface area contributed by atoms with Gasteiger partial charge in [0.25, 0.3) is 0 Å². The summed E-state index contributed by atoms with van der Waals surface area (Å²) < 4.78 is 0. The lowest BCUT2D eigenvalue weighted by Crippen LogP contribution is -2.29. The number of carbonyl (C=O) groups excluding carboxylic acids is 1. The van der Waals surface area contributed by atoms with Crippen LogP contribution in [0.3, 0.4) is 0 Å². The maximum atomic E-state index is 12.2. The number of carbonyl (C=O) groups is 1. The number of piperidine rings is 1. The number of amides is 1. The zero-order valence-corrected chi connectivity index (χ0v) is 12.6. The molecule has 1 atom stereocenters. The minimum Gasteiger partial charge on any atom is -0.341 e. The molecule has 1 heterocycles. The second-order valence-electron chi connectivity index (χ2n) is 5.91. The summed E-state index contributed by atoms with van der Waals surface area (Å²) in [5.74, 6) is 0.872. The first-order valence-corrected chi connectivity index (χ1v) is 7.58. The largest absolute Gasteiger partial charge is 0.341 e. The van der Waals surface area contributed by atoms with Gasteiger partial charge in [0.2, 0.25) is 5.91 Å². The van der Waals surface area contributed by atoms with E-state index in [0.717, 1.165) is 19.5 Å². The lowest BCUT2D eigenvalue weighted by atomic mass is 9.94. The number of hydrogen-bond acceptors (Lipinski definition) is 1. The molecule has 0 spiro atoms. The van der Waals surface area contributed by atoms with Crippen LogP contribution < -0.4 is 5.32 Å². The van der Waals surface area contributed by atoms with Gasteiger partial charge >= 0.3 is 0 Å². The summed E-state index contributed by atoms with van der Waals surface area (Å²) in [6.07, 6.45) is 4.07. The summed E-state index contributed by atoms with van der Waals surface area (Å²) in [6.45, 7) is 4.74. The number of benzene rings is 1. The Hall–Kier alpha value is -1.35. The van der Waals surface area contributed by atoms with Crippen LogP contribution in [0, 0.1) is 12.8 Å². The van der Waals surface area contributed by atoms with Gasteiger partial charge in [-0.15, -0.1) is 0 Å². The van der Waals surface area contributed by atoms with Crippen LogP contribution in [0.4, 0.5) is 0 Å². The average Bonchev–Trinajstić information content (AvgIpc) is 2.48. The summed E-state index contributed by atoms with van der Waals surface area (Å²) >= 11 is 0. The van der Waals surface area contributed by atoms with Crippen LogP contribution in [0.25, 0.3) is 0 Å². The molecule has 1 unspecified atom stereocenters. The highest BCUT2D eigenvalue weighted by atomic mass is 16.2. The van der Waals surface area contributed by atoms with Gasteiger partial charge in [0.1, 0.15) is 0 Å². The van der Waals surface area contributed by atoms with E-state index in [-0.39, 0.29) is 5.91 Å². The molecule has 1 aliphatic heterocycles. The number of rotatable bonds is 5. The summed E-state index contributed by atoms with van der Waals surface area (Å²) in [7, 11) is 1.90. The minimum absolute atomic E-state index is 0.246. The van der Waals surface area contributed by atoms with Crippen LogP contribution in [0.1, 0.15) is 36.8 Å². The van der Waals surface area contributed by atoms with E-state index in [4.69, 9.17) is 0 Å². The van der Waals surface area contributed by atoms with Gasteiger partial charge in [0.05, 0.1) is 0 Å². The number of hydrogen-bond donors (Lipinski definition) is 0. The highest BCUT2D eigenvalue weighted by Crippen LogP contribution is 2.17. The fraction of sp³-hybridized carbons (Fsp3) is 0.588. The highest BCUT2D eigenvalue weighted by Gasteiger charge is 2.16. The van der Waals surface area contributed by atoms with Crippen molar-refractivity contribution in [3.8, 4) is 0 Å². The fourth-order valence-electron chi connectivity index (χ4n) is 2.67. The van der Waals surface area contributed by atoms with E-state index in [1.165, 1.54) is 24.0 Å². The molecule has 20 heavy (non-hydrogen) atoms. The van der Waals surface area contributed by atoms with Gasteiger partial charge in [-0.25, -0.2) is 5.32 Å². The molecule has 0 saturated carbocycles. The third-order valence-electron chi connectivity index (χ3n) is 4.05. The Morgan fingerprint density at radius 3 is 2.75 bits per heavy atom. The average molecular weight is 273 g/mol. The van der Waals surface area contributed by atoms with Gasteiger partial charge in [0, 0.05) is 33.1 Å². The molecule has 0 N–H and O–H groups in total. The van der Waals surface area contributed by atoms with Crippen molar-refractivity contribution in [2.45, 2.75) is 39.2 Å². The molecule has 1 aliphatic rings. The third kappa shape index (κ3) is 4.64. The fourth-order valence-corrected chi connectivity index (χ4v) is 2.67. The molecule has 2 rings (SSSR count). The molecule has 0 aliphatic carbocycles. The molecule has 0 bridgehead atoms. The molecule has 3 heteroatoms. The Kier molecular flexibility index (Phi) is 5.60. The molecule has 1 aromatic carbocycles. The van der Waals surface area contributed by atoms with Gasteiger partial charge in [-0.05, 0) is 37.7 Å². The van der Waals surface area contributed by atoms with Crippen LogP contribution >= 0.6 is 0 Å². The summed E-state index contributed by atoms with van der Waals surface area (Å²) in [5, 5.41) is 4.43. The van der Waals surface area contributed by atoms with Crippen molar-refractivity contribution in [1.29, 1.82) is 0 Å². The molecule has 1 aromatic rings. The van der Waals surface area contributed by atoms with Gasteiger partial charge < -0.3 is 4.90 Å². The lowest BCUT2D eigenvalue weighted by Gasteiger charge is -2.23. The van der Waals surface area contributed by atoms with Crippen molar-refractivity contribution >= 4 is 5.91 Å². The van der Waals surface area contributed by atoms with E-state index < -0.39 is 0 Å². The van der Waals surface area contributed by atoms with Gasteiger partial charge in [-0.2, -0.15) is 0 Å². The quantitative estimate of drug-likeness (QED) is 0.812. The summed E-state index contributed by atoms with van der Waals surface area (Å²) in [4.78, 5) is 14.0. The minimum atomic E-state index is 0.246. The van der Waals surface area contributed by atoms with Crippen molar-refractivity contribution in [1.82, 2.24) is 10.2 Å². The molecule has 1 radical (unpaired) electrons. The molecule has 1 saturated heterocycles. The van der Waals surface area contributed by atoms with Crippen molar-refractivity contribution in [3.63, 3.8) is 0 Å². The number of nitrogens with zero attached hydrogens (tertiary/aromatic N) is 2. The van der Waals surface area contributed by atoms with Crippen LogP contribution in [-0.2, 0) is 11.3 Å². The Labute approximate surface area is 122 Å². The van der Waals surface area contributed by atoms with Crippen molar-refractivity contribution in [2.75, 3.05) is 20.1 Å². The van der Waals surface area contributed by atoms with Gasteiger partial charge in [0.15, 0.2) is 0 Å². The first-order chi connectivity index (χ1) is 9.65. The van der Waals surface area contributed by atoms with Crippen LogP contribution in [0.15, 0.2) is 24.3 Å². The van der Waals surface area contributed by atoms with E-state index in [9.17, 15) is 4.79 Å². The topological polar surface area (TPSA) is 34.4 Å². The van der Waals surface area contributed by atoms with E-state index in [0.29, 0.717) is 18.9 Å². The molecule has 1 amide bonds. The third-order valence-corrected chi connectivity index (χ3v) is 4.05. The number of aryl methyl sites for hydroxylation is 1. The van der Waals surface area contributed by atoms with E-state index in [1.54, 1.807) is 0 Å². The predicted molar refractivity (Wildman–Crippen MR) is 81.5 cm³/mol. The maximum Gasteiger partial charge on any atom is 0.222 e. The molecule has 1 fully saturated rings. The molecule has 109 valence electrons. The van der Waals surface area contributed by atoms with Gasteiger partial charge in [-0.1, -0.05) is 29.8 Å². The monoisotopic (exact) mass is 273 g/mol. The molecular formula is C17H25N2O. The molecule has 0 aromatic heterocycles. The zero-order valence-electron chi connectivity index (χ0n) is 12.6. The van der Waals surface area contributed by atoms with E-state index in [2.05, 4.69) is 36.5 Å². The lowest BCUT2D eigenvalue weighted by molar-refractivity contribution is -0.130. The normalized spacial score (nSPS) is 18.8.